The molecule has 0 bridgehead atoms. The summed E-state index contributed by atoms with van der Waals surface area (Å²) in [6.07, 6.45) is 28.7. The Labute approximate surface area is 248 Å². The molecule has 40 heavy (non-hydrogen) atoms. The van der Waals surface area contributed by atoms with Crippen molar-refractivity contribution in [1.29, 1.82) is 0 Å². The number of unbranched alkanes of at least 4 members (excludes halogenated alkanes) is 6. The molecule has 0 amide bonds. The van der Waals surface area contributed by atoms with E-state index in [4.69, 9.17) is 14.2 Å². The van der Waals surface area contributed by atoms with Gasteiger partial charge in [-0.25, -0.2) is 0 Å². The second kappa shape index (κ2) is 30.8. The van der Waals surface area contributed by atoms with Crippen LogP contribution in [0.25, 0.3) is 0 Å². The Bertz CT molecular complexity index is 556. The number of ether oxygens (including phenoxy) is 3. The van der Waals surface area contributed by atoms with E-state index in [1.54, 1.807) is 0 Å². The van der Waals surface area contributed by atoms with Crippen LogP contribution in [0.15, 0.2) is 24.3 Å². The SMILES string of the molecule is CC/C=C\CCCCOC(CCC(=O)OCC(CO)CCCC(CCCC)CCCC)OCCCC/C=C\CC. The van der Waals surface area contributed by atoms with Gasteiger partial charge in [-0.1, -0.05) is 103 Å². The standard InChI is InChI=1S/C35H66O5/c1-5-9-13-15-17-19-28-38-35(39-29-20-18-16-14-10-6-2)27-26-34(37)40-31-33(30-36)25-21-24-32(22-11-7-3)23-12-8-4/h9-10,13-14,32-33,35-36H,5-8,11-12,15-31H2,1-4H3/b13-9-,14-10-. The number of hydrogen-bond donors (Lipinski definition) is 1. The summed E-state index contributed by atoms with van der Waals surface area (Å²) in [5, 5.41) is 9.84. The number of carbonyl (C=O) groups excluding carboxylic acids is 1. The third-order valence-electron chi connectivity index (χ3n) is 7.42. The molecule has 5 nitrogen and oxygen atoms in total. The average Bonchev–Trinajstić information content (AvgIpc) is 2.97. The van der Waals surface area contributed by atoms with Crippen LogP contribution in [-0.4, -0.2) is 43.8 Å². The van der Waals surface area contributed by atoms with E-state index in [1.807, 2.05) is 0 Å². The first-order valence-corrected chi connectivity index (χ1v) is 16.9. The smallest absolute Gasteiger partial charge is 0.305 e. The lowest BCUT2D eigenvalue weighted by atomic mass is 9.89. The number of hydrogen-bond acceptors (Lipinski definition) is 5. The molecule has 0 saturated heterocycles. The van der Waals surface area contributed by atoms with Crippen LogP contribution in [0.4, 0.5) is 0 Å². The van der Waals surface area contributed by atoms with Crippen molar-refractivity contribution in [2.75, 3.05) is 26.4 Å². The van der Waals surface area contributed by atoms with Gasteiger partial charge >= 0.3 is 5.97 Å². The minimum Gasteiger partial charge on any atom is -0.465 e. The summed E-state index contributed by atoms with van der Waals surface area (Å²) in [5.41, 5.74) is 0. The van der Waals surface area contributed by atoms with Gasteiger partial charge in [-0.2, -0.15) is 0 Å². The molecule has 1 unspecified atom stereocenters. The van der Waals surface area contributed by atoms with Crippen molar-refractivity contribution in [3.05, 3.63) is 24.3 Å². The van der Waals surface area contributed by atoms with Gasteiger partial charge in [0.25, 0.3) is 0 Å². The van der Waals surface area contributed by atoms with Crippen LogP contribution in [0.5, 0.6) is 0 Å². The van der Waals surface area contributed by atoms with E-state index >= 15 is 0 Å². The zero-order chi connectivity index (χ0) is 29.5. The van der Waals surface area contributed by atoms with Crippen LogP contribution in [0, 0.1) is 11.8 Å². The maximum Gasteiger partial charge on any atom is 0.305 e. The highest BCUT2D eigenvalue weighted by molar-refractivity contribution is 5.69. The average molecular weight is 567 g/mol. The van der Waals surface area contributed by atoms with Crippen LogP contribution in [0.3, 0.4) is 0 Å². The van der Waals surface area contributed by atoms with Crippen molar-refractivity contribution in [1.82, 2.24) is 0 Å². The summed E-state index contributed by atoms with van der Waals surface area (Å²) < 4.78 is 17.6. The fourth-order valence-corrected chi connectivity index (χ4v) is 4.80. The van der Waals surface area contributed by atoms with E-state index in [1.165, 1.54) is 44.9 Å². The highest BCUT2D eigenvalue weighted by atomic mass is 16.7. The maximum atomic E-state index is 12.5. The van der Waals surface area contributed by atoms with Gasteiger partial charge < -0.3 is 19.3 Å². The van der Waals surface area contributed by atoms with Crippen LogP contribution < -0.4 is 0 Å². The quantitative estimate of drug-likeness (QED) is 0.0406. The summed E-state index contributed by atoms with van der Waals surface area (Å²) >= 11 is 0. The highest BCUT2D eigenvalue weighted by Gasteiger charge is 2.16. The Hall–Kier alpha value is -1.17. The summed E-state index contributed by atoms with van der Waals surface area (Å²) in [7, 11) is 0. The number of esters is 1. The largest absolute Gasteiger partial charge is 0.465 e. The minimum absolute atomic E-state index is 0.0220. The van der Waals surface area contributed by atoms with Gasteiger partial charge in [0.2, 0.25) is 0 Å². The number of allylic oxidation sites excluding steroid dienone is 4. The molecule has 5 heteroatoms. The molecule has 0 rings (SSSR count). The molecule has 0 radical (unpaired) electrons. The molecule has 0 saturated carbocycles. The minimum atomic E-state index is -0.373. The van der Waals surface area contributed by atoms with Gasteiger partial charge in [-0.3, -0.25) is 4.79 Å². The van der Waals surface area contributed by atoms with E-state index in [9.17, 15) is 9.90 Å². The molecule has 0 aliphatic carbocycles. The van der Waals surface area contributed by atoms with Crippen LogP contribution in [0.1, 0.15) is 150 Å². The molecule has 1 atom stereocenters. The molecule has 0 heterocycles. The highest BCUT2D eigenvalue weighted by Crippen LogP contribution is 2.23. The van der Waals surface area contributed by atoms with E-state index < -0.39 is 0 Å². The van der Waals surface area contributed by atoms with E-state index in [0.29, 0.717) is 26.2 Å². The lowest BCUT2D eigenvalue weighted by molar-refractivity contribution is -0.160. The normalized spacial score (nSPS) is 12.9. The van der Waals surface area contributed by atoms with Gasteiger partial charge in [-0.05, 0) is 63.7 Å². The Kier molecular flexibility index (Phi) is 29.9. The van der Waals surface area contributed by atoms with Crippen molar-refractivity contribution in [2.24, 2.45) is 11.8 Å². The summed E-state index contributed by atoms with van der Waals surface area (Å²) in [4.78, 5) is 12.5. The Balaban J connectivity index is 4.43. The lowest BCUT2D eigenvalue weighted by Gasteiger charge is -2.20. The molecule has 236 valence electrons. The van der Waals surface area contributed by atoms with Crippen molar-refractivity contribution in [3.8, 4) is 0 Å². The molecular weight excluding hydrogens is 500 g/mol. The predicted octanol–water partition coefficient (Wildman–Crippen LogP) is 9.72. The predicted molar refractivity (Wildman–Crippen MR) is 169 cm³/mol. The Morgan fingerprint density at radius 1 is 0.650 bits per heavy atom. The molecule has 0 fully saturated rings. The van der Waals surface area contributed by atoms with Crippen molar-refractivity contribution in [2.45, 2.75) is 156 Å². The topological polar surface area (TPSA) is 65.0 Å². The van der Waals surface area contributed by atoms with Gasteiger partial charge in [0.15, 0.2) is 6.29 Å². The van der Waals surface area contributed by atoms with Gasteiger partial charge in [0.05, 0.1) is 13.0 Å². The molecule has 0 aromatic rings. The third-order valence-corrected chi connectivity index (χ3v) is 7.42. The molecule has 0 spiro atoms. The van der Waals surface area contributed by atoms with E-state index in [0.717, 1.165) is 70.1 Å². The second-order valence-corrected chi connectivity index (χ2v) is 11.3. The molecular formula is C35H66O5. The number of rotatable bonds is 30. The van der Waals surface area contributed by atoms with Crippen molar-refractivity contribution in [3.63, 3.8) is 0 Å². The fourth-order valence-electron chi connectivity index (χ4n) is 4.80. The maximum absolute atomic E-state index is 12.5. The van der Waals surface area contributed by atoms with Crippen LogP contribution in [-0.2, 0) is 19.0 Å². The van der Waals surface area contributed by atoms with Gasteiger partial charge in [-0.15, -0.1) is 0 Å². The molecule has 1 N–H and O–H groups in total. The first kappa shape index (κ1) is 38.8. The van der Waals surface area contributed by atoms with Crippen LogP contribution >= 0.6 is 0 Å². The van der Waals surface area contributed by atoms with Crippen molar-refractivity contribution >= 4 is 5.97 Å². The van der Waals surface area contributed by atoms with E-state index in [-0.39, 0.29) is 31.2 Å². The third kappa shape index (κ3) is 25.8. The summed E-state index contributed by atoms with van der Waals surface area (Å²) in [6, 6.07) is 0. The molecule has 0 aromatic carbocycles. The first-order valence-electron chi connectivity index (χ1n) is 16.9. The summed E-state index contributed by atoms with van der Waals surface area (Å²) in [6.45, 7) is 10.5. The Morgan fingerprint density at radius 3 is 1.68 bits per heavy atom. The number of aliphatic hydroxyl groups is 1. The van der Waals surface area contributed by atoms with E-state index in [2.05, 4.69) is 52.0 Å². The van der Waals surface area contributed by atoms with Crippen molar-refractivity contribution < 1.29 is 24.1 Å². The van der Waals surface area contributed by atoms with Gasteiger partial charge in [0, 0.05) is 32.2 Å². The lowest BCUT2D eigenvalue weighted by Crippen LogP contribution is -2.22. The molecule has 0 aliphatic heterocycles. The Morgan fingerprint density at radius 2 is 1.18 bits per heavy atom. The first-order chi connectivity index (χ1) is 19.6. The second-order valence-electron chi connectivity index (χ2n) is 11.3. The number of carbonyl (C=O) groups is 1. The zero-order valence-electron chi connectivity index (χ0n) is 26.9. The van der Waals surface area contributed by atoms with Crippen LogP contribution in [0.2, 0.25) is 0 Å². The van der Waals surface area contributed by atoms with Gasteiger partial charge in [0.1, 0.15) is 0 Å². The fraction of sp³-hybridized carbons (Fsp3) is 0.857. The molecule has 0 aliphatic rings. The number of aliphatic hydroxyl groups excluding tert-OH is 1. The zero-order valence-corrected chi connectivity index (χ0v) is 26.9. The monoisotopic (exact) mass is 566 g/mol. The molecule has 0 aromatic heterocycles. The summed E-state index contributed by atoms with van der Waals surface area (Å²) in [5.74, 6) is 0.585.